The zero-order chi connectivity index (χ0) is 12.1. The number of ether oxygens (including phenoxy) is 2. The minimum Gasteiger partial charge on any atom is -0.352 e. The first-order chi connectivity index (χ1) is 7.68. The molecule has 4 atom stereocenters. The van der Waals surface area contributed by atoms with E-state index in [0.717, 1.165) is 18.4 Å². The van der Waals surface area contributed by atoms with Gasteiger partial charge in [0.15, 0.2) is 6.29 Å². The van der Waals surface area contributed by atoms with E-state index in [1.807, 2.05) is 13.8 Å². The molecule has 0 bridgehead atoms. The molecule has 0 N–H and O–H groups in total. The second-order valence-electron chi connectivity index (χ2n) is 5.12. The molecular formula is C14H28O2. The van der Waals surface area contributed by atoms with Gasteiger partial charge in [0.1, 0.15) is 0 Å². The lowest BCUT2D eigenvalue weighted by Crippen LogP contribution is -2.45. The van der Waals surface area contributed by atoms with E-state index in [-0.39, 0.29) is 6.29 Å². The van der Waals surface area contributed by atoms with E-state index in [1.165, 1.54) is 19.3 Å². The molecule has 2 aliphatic heterocycles. The van der Waals surface area contributed by atoms with Crippen molar-refractivity contribution in [1.29, 1.82) is 0 Å². The Hall–Kier alpha value is -0.0800. The van der Waals surface area contributed by atoms with E-state index >= 15 is 0 Å². The summed E-state index contributed by atoms with van der Waals surface area (Å²) in [5, 5.41) is 0. The first-order valence-electron chi connectivity index (χ1n) is 6.95. The summed E-state index contributed by atoms with van der Waals surface area (Å²) in [6.45, 7) is 11.7. The molecule has 4 unspecified atom stereocenters. The number of hydrogen-bond acceptors (Lipinski definition) is 2. The van der Waals surface area contributed by atoms with Crippen LogP contribution in [0, 0.1) is 17.8 Å². The van der Waals surface area contributed by atoms with Crippen LogP contribution in [-0.4, -0.2) is 19.0 Å². The van der Waals surface area contributed by atoms with Gasteiger partial charge in [-0.25, -0.2) is 0 Å². The van der Waals surface area contributed by atoms with Crippen molar-refractivity contribution in [3.63, 3.8) is 0 Å². The molecule has 2 heterocycles. The van der Waals surface area contributed by atoms with Crippen molar-refractivity contribution in [2.45, 2.75) is 66.3 Å². The fourth-order valence-corrected chi connectivity index (χ4v) is 2.90. The maximum Gasteiger partial charge on any atom is 0.160 e. The Balaban J connectivity index is 0.000000606. The third kappa shape index (κ3) is 3.21. The van der Waals surface area contributed by atoms with Gasteiger partial charge in [0.2, 0.25) is 0 Å². The van der Waals surface area contributed by atoms with Gasteiger partial charge in [0, 0.05) is 5.92 Å². The Morgan fingerprint density at radius 2 is 1.75 bits per heavy atom. The lowest BCUT2D eigenvalue weighted by atomic mass is 9.76. The molecule has 0 aromatic heterocycles. The van der Waals surface area contributed by atoms with Gasteiger partial charge in [-0.3, -0.25) is 0 Å². The van der Waals surface area contributed by atoms with Gasteiger partial charge in [-0.1, -0.05) is 27.7 Å². The van der Waals surface area contributed by atoms with Gasteiger partial charge < -0.3 is 9.47 Å². The quantitative estimate of drug-likeness (QED) is 0.678. The van der Waals surface area contributed by atoms with Crippen LogP contribution in [0.15, 0.2) is 0 Å². The first kappa shape index (κ1) is 14.0. The van der Waals surface area contributed by atoms with E-state index < -0.39 is 0 Å². The van der Waals surface area contributed by atoms with Gasteiger partial charge >= 0.3 is 0 Å². The highest BCUT2D eigenvalue weighted by Gasteiger charge is 2.39. The van der Waals surface area contributed by atoms with Crippen LogP contribution in [-0.2, 0) is 9.47 Å². The highest BCUT2D eigenvalue weighted by molar-refractivity contribution is 4.83. The molecule has 0 aromatic carbocycles. The summed E-state index contributed by atoms with van der Waals surface area (Å²) in [6.07, 6.45) is 4.20. The van der Waals surface area contributed by atoms with E-state index in [4.69, 9.17) is 9.47 Å². The average Bonchev–Trinajstić information content (AvgIpc) is 2.30. The van der Waals surface area contributed by atoms with Gasteiger partial charge in [-0.2, -0.15) is 0 Å². The largest absolute Gasteiger partial charge is 0.352 e. The van der Waals surface area contributed by atoms with E-state index in [9.17, 15) is 0 Å². The van der Waals surface area contributed by atoms with Crippen LogP contribution in [0.2, 0.25) is 0 Å². The summed E-state index contributed by atoms with van der Waals surface area (Å²) in [4.78, 5) is 0. The van der Waals surface area contributed by atoms with Gasteiger partial charge in [0.25, 0.3) is 0 Å². The second-order valence-corrected chi connectivity index (χ2v) is 5.12. The van der Waals surface area contributed by atoms with Crippen molar-refractivity contribution in [1.82, 2.24) is 0 Å². The molecule has 2 fully saturated rings. The third-order valence-corrected chi connectivity index (χ3v) is 3.76. The van der Waals surface area contributed by atoms with Crippen molar-refractivity contribution in [2.24, 2.45) is 17.8 Å². The smallest absolute Gasteiger partial charge is 0.160 e. The monoisotopic (exact) mass is 228 g/mol. The minimum atomic E-state index is 0.0971. The topological polar surface area (TPSA) is 18.5 Å². The van der Waals surface area contributed by atoms with Crippen LogP contribution in [0.4, 0.5) is 0 Å². The van der Waals surface area contributed by atoms with Crippen LogP contribution in [0.3, 0.4) is 0 Å². The van der Waals surface area contributed by atoms with Crippen molar-refractivity contribution in [3.05, 3.63) is 0 Å². The summed E-state index contributed by atoms with van der Waals surface area (Å²) >= 11 is 0. The number of hydrogen-bond donors (Lipinski definition) is 0. The summed E-state index contributed by atoms with van der Waals surface area (Å²) in [6, 6.07) is 0. The molecule has 0 spiro atoms. The molecule has 2 saturated heterocycles. The van der Waals surface area contributed by atoms with Crippen LogP contribution in [0.25, 0.3) is 0 Å². The second kappa shape index (κ2) is 6.61. The highest BCUT2D eigenvalue weighted by Crippen LogP contribution is 2.39. The van der Waals surface area contributed by atoms with Crippen molar-refractivity contribution < 1.29 is 9.47 Å². The molecule has 0 aliphatic carbocycles. The maximum atomic E-state index is 5.85. The Bertz CT molecular complexity index is 191. The van der Waals surface area contributed by atoms with E-state index in [0.29, 0.717) is 12.0 Å². The number of rotatable bonds is 1. The molecule has 0 aromatic rings. The van der Waals surface area contributed by atoms with Crippen LogP contribution < -0.4 is 0 Å². The maximum absolute atomic E-state index is 5.85. The number of fused-ring (bicyclic) bond motifs is 1. The first-order valence-corrected chi connectivity index (χ1v) is 6.95. The molecule has 96 valence electrons. The highest BCUT2D eigenvalue weighted by atomic mass is 16.7. The lowest BCUT2D eigenvalue weighted by Gasteiger charge is -2.44. The zero-order valence-corrected chi connectivity index (χ0v) is 11.5. The Kier molecular flexibility index (Phi) is 5.77. The normalized spacial score (nSPS) is 38.6. The fourth-order valence-electron chi connectivity index (χ4n) is 2.90. The van der Waals surface area contributed by atoms with Crippen molar-refractivity contribution in [2.75, 3.05) is 6.61 Å². The average molecular weight is 228 g/mol. The fraction of sp³-hybridized carbons (Fsp3) is 1.00. The molecule has 2 nitrogen and oxygen atoms in total. The third-order valence-electron chi connectivity index (χ3n) is 3.76. The zero-order valence-electron chi connectivity index (χ0n) is 11.5. The SMILES string of the molecule is CC.CC1CCC2C(OCCC2C(C)C)O1. The van der Waals surface area contributed by atoms with Crippen LogP contribution in [0.1, 0.15) is 53.9 Å². The Morgan fingerprint density at radius 1 is 1.06 bits per heavy atom. The predicted molar refractivity (Wildman–Crippen MR) is 67.3 cm³/mol. The summed E-state index contributed by atoms with van der Waals surface area (Å²) in [5.74, 6) is 2.23. The summed E-state index contributed by atoms with van der Waals surface area (Å²) in [7, 11) is 0. The molecule has 2 heteroatoms. The van der Waals surface area contributed by atoms with Crippen molar-refractivity contribution in [3.8, 4) is 0 Å². The lowest BCUT2D eigenvalue weighted by molar-refractivity contribution is -0.252. The molecule has 2 aliphatic rings. The van der Waals surface area contributed by atoms with E-state index in [1.54, 1.807) is 0 Å². The molecule has 0 radical (unpaired) electrons. The standard InChI is InChI=1S/C12H22O2.C2H6/c1-8(2)10-6-7-13-12-11(10)5-4-9(3)14-12;1-2/h8-12H,4-7H2,1-3H3;1-2H3. The van der Waals surface area contributed by atoms with Crippen LogP contribution in [0.5, 0.6) is 0 Å². The van der Waals surface area contributed by atoms with Gasteiger partial charge in [0.05, 0.1) is 12.7 Å². The molecule has 0 amide bonds. The molecule has 16 heavy (non-hydrogen) atoms. The van der Waals surface area contributed by atoms with E-state index in [2.05, 4.69) is 20.8 Å². The predicted octanol–water partition coefficient (Wildman–Crippen LogP) is 3.85. The molecular weight excluding hydrogens is 200 g/mol. The summed E-state index contributed by atoms with van der Waals surface area (Å²) < 4.78 is 11.6. The minimum absolute atomic E-state index is 0.0971. The Labute approximate surface area is 101 Å². The Morgan fingerprint density at radius 3 is 2.38 bits per heavy atom. The van der Waals surface area contributed by atoms with Crippen LogP contribution >= 0.6 is 0 Å². The summed E-state index contributed by atoms with van der Waals surface area (Å²) in [5.41, 5.74) is 0. The van der Waals surface area contributed by atoms with Crippen molar-refractivity contribution >= 4 is 0 Å². The van der Waals surface area contributed by atoms with Gasteiger partial charge in [-0.15, -0.1) is 0 Å². The van der Waals surface area contributed by atoms with Gasteiger partial charge in [-0.05, 0) is 38.0 Å². The molecule has 0 saturated carbocycles. The molecule has 2 rings (SSSR count).